The molecule has 3 rings (SSSR count). The number of hydrogen-bond acceptors (Lipinski definition) is 4. The summed E-state index contributed by atoms with van der Waals surface area (Å²) in [4.78, 5) is 18.9. The zero-order chi connectivity index (χ0) is 14.8. The second-order valence-corrected chi connectivity index (χ2v) is 5.44. The van der Waals surface area contributed by atoms with E-state index in [9.17, 15) is 9.90 Å². The molecule has 21 heavy (non-hydrogen) atoms. The third-order valence-corrected chi connectivity index (χ3v) is 4.07. The summed E-state index contributed by atoms with van der Waals surface area (Å²) in [7, 11) is 0. The standard InChI is InChI=1S/C16H19N3O2/c17-15-9-13(12-6-1-2-7-14(12)18-15)16(21)19-8-4-3-5-11(19)10-20/h1-2,6-7,9,11,20H,3-5,8,10H2,(H2,17,18). The molecule has 110 valence electrons. The lowest BCUT2D eigenvalue weighted by Gasteiger charge is -2.34. The number of carbonyl (C=O) groups is 1. The topological polar surface area (TPSA) is 79.5 Å². The third kappa shape index (κ3) is 2.56. The number of piperidine rings is 1. The molecule has 1 aliphatic rings. The van der Waals surface area contributed by atoms with Crippen LogP contribution in [0.15, 0.2) is 30.3 Å². The van der Waals surface area contributed by atoms with E-state index in [1.54, 1.807) is 11.0 Å². The SMILES string of the molecule is Nc1cc(C(=O)N2CCCCC2CO)c2ccccc2n1. The molecule has 0 spiro atoms. The van der Waals surface area contributed by atoms with Gasteiger partial charge in [-0.05, 0) is 31.4 Å². The number of aliphatic hydroxyl groups is 1. The van der Waals surface area contributed by atoms with Crippen LogP contribution in [0.5, 0.6) is 0 Å². The maximum atomic E-state index is 12.9. The van der Waals surface area contributed by atoms with E-state index in [2.05, 4.69) is 4.98 Å². The average Bonchev–Trinajstić information content (AvgIpc) is 2.53. The van der Waals surface area contributed by atoms with E-state index in [0.29, 0.717) is 17.9 Å². The van der Waals surface area contributed by atoms with Crippen LogP contribution >= 0.6 is 0 Å². The number of aromatic nitrogens is 1. The van der Waals surface area contributed by atoms with Crippen molar-refractivity contribution >= 4 is 22.6 Å². The van der Waals surface area contributed by atoms with Crippen LogP contribution in [0, 0.1) is 0 Å². The highest BCUT2D eigenvalue weighted by atomic mass is 16.3. The van der Waals surface area contributed by atoms with E-state index in [4.69, 9.17) is 5.73 Å². The zero-order valence-corrected chi connectivity index (χ0v) is 11.8. The van der Waals surface area contributed by atoms with Crippen molar-refractivity contribution in [2.75, 3.05) is 18.9 Å². The first kappa shape index (κ1) is 13.8. The van der Waals surface area contributed by atoms with Gasteiger partial charge < -0.3 is 15.7 Å². The maximum Gasteiger partial charge on any atom is 0.255 e. The number of aliphatic hydroxyl groups excluding tert-OH is 1. The van der Waals surface area contributed by atoms with Gasteiger partial charge in [0.1, 0.15) is 5.82 Å². The number of para-hydroxylation sites is 1. The summed E-state index contributed by atoms with van der Waals surface area (Å²) in [6.45, 7) is 0.685. The molecule has 1 amide bonds. The first-order valence-corrected chi connectivity index (χ1v) is 7.28. The van der Waals surface area contributed by atoms with Gasteiger partial charge in [-0.15, -0.1) is 0 Å². The normalized spacial score (nSPS) is 18.9. The minimum absolute atomic E-state index is 0.00420. The Labute approximate surface area is 123 Å². The Bertz CT molecular complexity index is 672. The lowest BCUT2D eigenvalue weighted by atomic mass is 10.00. The predicted octanol–water partition coefficient (Wildman–Crippen LogP) is 1.80. The fourth-order valence-corrected chi connectivity index (χ4v) is 2.99. The smallest absolute Gasteiger partial charge is 0.255 e. The summed E-state index contributed by atoms with van der Waals surface area (Å²) >= 11 is 0. The van der Waals surface area contributed by atoms with Crippen molar-refractivity contribution in [1.82, 2.24) is 9.88 Å². The van der Waals surface area contributed by atoms with E-state index >= 15 is 0 Å². The minimum Gasteiger partial charge on any atom is -0.394 e. The molecule has 3 N–H and O–H groups in total. The highest BCUT2D eigenvalue weighted by molar-refractivity contribution is 6.07. The Morgan fingerprint density at radius 2 is 2.19 bits per heavy atom. The second-order valence-electron chi connectivity index (χ2n) is 5.44. The van der Waals surface area contributed by atoms with Crippen LogP contribution in [-0.2, 0) is 0 Å². The molecule has 1 unspecified atom stereocenters. The van der Waals surface area contributed by atoms with Crippen LogP contribution in [0.2, 0.25) is 0 Å². The summed E-state index contributed by atoms with van der Waals surface area (Å²) in [6, 6.07) is 9.03. The quantitative estimate of drug-likeness (QED) is 0.882. The number of nitrogens with zero attached hydrogens (tertiary/aromatic N) is 2. The van der Waals surface area contributed by atoms with Crippen molar-refractivity contribution in [1.29, 1.82) is 0 Å². The Morgan fingerprint density at radius 3 is 3.00 bits per heavy atom. The van der Waals surface area contributed by atoms with Gasteiger partial charge in [0.25, 0.3) is 5.91 Å². The number of amides is 1. The maximum absolute atomic E-state index is 12.9. The van der Waals surface area contributed by atoms with E-state index in [-0.39, 0.29) is 18.6 Å². The first-order valence-electron chi connectivity index (χ1n) is 7.28. The molecule has 2 aromatic rings. The molecule has 0 aliphatic carbocycles. The number of rotatable bonds is 2. The number of nitrogen functional groups attached to an aromatic ring is 1. The van der Waals surface area contributed by atoms with Crippen LogP contribution < -0.4 is 5.73 Å². The number of carbonyl (C=O) groups excluding carboxylic acids is 1. The van der Waals surface area contributed by atoms with Crippen LogP contribution in [0.1, 0.15) is 29.6 Å². The largest absolute Gasteiger partial charge is 0.394 e. The molecule has 1 aromatic heterocycles. The molecule has 1 saturated heterocycles. The summed E-state index contributed by atoms with van der Waals surface area (Å²) in [5.74, 6) is 0.272. The van der Waals surface area contributed by atoms with Gasteiger partial charge in [-0.1, -0.05) is 18.2 Å². The summed E-state index contributed by atoms with van der Waals surface area (Å²) in [5.41, 5.74) is 7.12. The number of anilines is 1. The van der Waals surface area contributed by atoms with Crippen molar-refractivity contribution in [2.45, 2.75) is 25.3 Å². The molecule has 1 aliphatic heterocycles. The van der Waals surface area contributed by atoms with Gasteiger partial charge in [0.2, 0.25) is 0 Å². The number of benzene rings is 1. The molecule has 5 heteroatoms. The van der Waals surface area contributed by atoms with Gasteiger partial charge in [-0.3, -0.25) is 4.79 Å². The molecule has 1 atom stereocenters. The van der Waals surface area contributed by atoms with Crippen molar-refractivity contribution < 1.29 is 9.90 Å². The van der Waals surface area contributed by atoms with Gasteiger partial charge >= 0.3 is 0 Å². The second kappa shape index (κ2) is 5.69. The fourth-order valence-electron chi connectivity index (χ4n) is 2.99. The average molecular weight is 285 g/mol. The molecule has 2 heterocycles. The van der Waals surface area contributed by atoms with Gasteiger partial charge in [-0.2, -0.15) is 0 Å². The molecular formula is C16H19N3O2. The van der Waals surface area contributed by atoms with Crippen molar-refractivity contribution in [3.8, 4) is 0 Å². The lowest BCUT2D eigenvalue weighted by molar-refractivity contribution is 0.0505. The predicted molar refractivity (Wildman–Crippen MR) is 81.9 cm³/mol. The van der Waals surface area contributed by atoms with E-state index < -0.39 is 0 Å². The molecular weight excluding hydrogens is 266 g/mol. The van der Waals surface area contributed by atoms with E-state index in [1.165, 1.54) is 0 Å². The van der Waals surface area contributed by atoms with Crippen LogP contribution in [0.4, 0.5) is 5.82 Å². The van der Waals surface area contributed by atoms with Crippen LogP contribution in [-0.4, -0.2) is 40.1 Å². The molecule has 0 saturated carbocycles. The fraction of sp³-hybridized carbons (Fsp3) is 0.375. The number of nitrogens with two attached hydrogens (primary N) is 1. The van der Waals surface area contributed by atoms with Gasteiger partial charge in [0, 0.05) is 11.9 Å². The highest BCUT2D eigenvalue weighted by Crippen LogP contribution is 2.24. The molecule has 0 bridgehead atoms. The molecule has 0 radical (unpaired) electrons. The zero-order valence-electron chi connectivity index (χ0n) is 11.8. The number of likely N-dealkylation sites (tertiary alicyclic amines) is 1. The van der Waals surface area contributed by atoms with E-state index in [0.717, 1.165) is 30.2 Å². The Balaban J connectivity index is 2.04. The van der Waals surface area contributed by atoms with Crippen LogP contribution in [0.25, 0.3) is 10.9 Å². The van der Waals surface area contributed by atoms with Gasteiger partial charge in [-0.25, -0.2) is 4.98 Å². The number of fused-ring (bicyclic) bond motifs is 1. The van der Waals surface area contributed by atoms with Gasteiger partial charge in [0.05, 0.1) is 23.7 Å². The molecule has 1 fully saturated rings. The lowest BCUT2D eigenvalue weighted by Crippen LogP contribution is -2.45. The van der Waals surface area contributed by atoms with Crippen molar-refractivity contribution in [2.24, 2.45) is 0 Å². The first-order chi connectivity index (χ1) is 10.2. The Hall–Kier alpha value is -2.14. The number of pyridine rings is 1. The Kier molecular flexibility index (Phi) is 3.75. The Morgan fingerprint density at radius 1 is 1.38 bits per heavy atom. The summed E-state index contributed by atoms with van der Waals surface area (Å²) in [6.07, 6.45) is 2.87. The van der Waals surface area contributed by atoms with E-state index in [1.807, 2.05) is 24.3 Å². The highest BCUT2D eigenvalue weighted by Gasteiger charge is 2.28. The minimum atomic E-state index is -0.0978. The molecule has 5 nitrogen and oxygen atoms in total. The van der Waals surface area contributed by atoms with Crippen molar-refractivity contribution in [3.63, 3.8) is 0 Å². The van der Waals surface area contributed by atoms with Crippen LogP contribution in [0.3, 0.4) is 0 Å². The number of hydrogen-bond donors (Lipinski definition) is 2. The third-order valence-electron chi connectivity index (χ3n) is 4.07. The van der Waals surface area contributed by atoms with Crippen molar-refractivity contribution in [3.05, 3.63) is 35.9 Å². The monoisotopic (exact) mass is 285 g/mol. The summed E-state index contributed by atoms with van der Waals surface area (Å²) in [5, 5.41) is 10.3. The summed E-state index contributed by atoms with van der Waals surface area (Å²) < 4.78 is 0. The molecule has 1 aromatic carbocycles. The van der Waals surface area contributed by atoms with Gasteiger partial charge in [0.15, 0.2) is 0 Å².